The van der Waals surface area contributed by atoms with Crippen molar-refractivity contribution in [2.45, 2.75) is 33.1 Å². The first-order chi connectivity index (χ1) is 12.8. The number of anilines is 2. The maximum absolute atomic E-state index is 12.2. The monoisotopic (exact) mass is 366 g/mol. The molecule has 0 aliphatic rings. The molecule has 0 bridgehead atoms. The number of rotatable bonds is 4. The molecule has 140 valence electrons. The number of pyridine rings is 1. The van der Waals surface area contributed by atoms with E-state index in [1.165, 1.54) is 0 Å². The summed E-state index contributed by atoms with van der Waals surface area (Å²) in [5.41, 5.74) is 2.06. The van der Waals surface area contributed by atoms with Crippen LogP contribution < -0.4 is 15.4 Å². The highest BCUT2D eigenvalue weighted by atomic mass is 16.5. The third-order valence-electron chi connectivity index (χ3n) is 3.79. The molecule has 0 aliphatic carbocycles. The lowest BCUT2D eigenvalue weighted by Crippen LogP contribution is -2.19. The third kappa shape index (κ3) is 4.63. The van der Waals surface area contributed by atoms with Crippen LogP contribution in [0.3, 0.4) is 0 Å². The average Bonchev–Trinajstić information content (AvgIpc) is 3.01. The largest absolute Gasteiger partial charge is 0.437 e. The van der Waals surface area contributed by atoms with Gasteiger partial charge in [-0.15, -0.1) is 0 Å². The number of nitrogens with zero attached hydrogens (tertiary/aromatic N) is 2. The smallest absolute Gasteiger partial charge is 0.326 e. The Balaban J connectivity index is 1.80. The minimum Gasteiger partial charge on any atom is -0.437 e. The van der Waals surface area contributed by atoms with E-state index in [1.54, 1.807) is 31.3 Å². The molecule has 7 heteroatoms. The zero-order valence-electron chi connectivity index (χ0n) is 15.7. The van der Waals surface area contributed by atoms with Crippen molar-refractivity contribution in [2.24, 2.45) is 0 Å². The van der Waals surface area contributed by atoms with E-state index in [2.05, 4.69) is 41.5 Å². The third-order valence-corrected chi connectivity index (χ3v) is 3.79. The van der Waals surface area contributed by atoms with Crippen molar-refractivity contribution in [3.63, 3.8) is 0 Å². The summed E-state index contributed by atoms with van der Waals surface area (Å²) in [5.74, 6) is 1.26. The van der Waals surface area contributed by atoms with Crippen LogP contribution in [0.5, 0.6) is 11.6 Å². The van der Waals surface area contributed by atoms with E-state index in [1.807, 2.05) is 24.3 Å². The summed E-state index contributed by atoms with van der Waals surface area (Å²) in [6.45, 7) is 8.10. The molecule has 2 N–H and O–H groups in total. The second-order valence-electron chi connectivity index (χ2n) is 7.12. The molecule has 0 atom stereocenters. The van der Waals surface area contributed by atoms with Gasteiger partial charge in [-0.2, -0.15) is 0 Å². The van der Waals surface area contributed by atoms with Gasteiger partial charge in [0.05, 0.1) is 5.69 Å². The van der Waals surface area contributed by atoms with Crippen molar-refractivity contribution in [2.75, 3.05) is 10.6 Å². The molecular weight excluding hydrogens is 344 g/mol. The summed E-state index contributed by atoms with van der Waals surface area (Å²) in [7, 11) is 0. The number of ether oxygens (including phenoxy) is 1. The molecule has 2 aromatic heterocycles. The van der Waals surface area contributed by atoms with Crippen LogP contribution in [0.4, 0.5) is 16.4 Å². The summed E-state index contributed by atoms with van der Waals surface area (Å²) in [5, 5.41) is 9.03. The van der Waals surface area contributed by atoms with Crippen molar-refractivity contribution in [1.82, 2.24) is 10.1 Å². The zero-order chi connectivity index (χ0) is 19.4. The summed E-state index contributed by atoms with van der Waals surface area (Å²) in [6, 6.07) is 12.4. The van der Waals surface area contributed by atoms with Gasteiger partial charge in [-0.3, -0.25) is 5.32 Å². The summed E-state index contributed by atoms with van der Waals surface area (Å²) in [6.07, 6.45) is 1.61. The Hall–Kier alpha value is -3.35. The van der Waals surface area contributed by atoms with Gasteiger partial charge >= 0.3 is 6.03 Å². The Morgan fingerprint density at radius 1 is 1.11 bits per heavy atom. The molecule has 3 rings (SSSR count). The second kappa shape index (κ2) is 7.49. The predicted octanol–water partition coefficient (Wildman–Crippen LogP) is 5.11. The van der Waals surface area contributed by atoms with Crippen LogP contribution >= 0.6 is 0 Å². The van der Waals surface area contributed by atoms with Crippen molar-refractivity contribution in [3.05, 3.63) is 59.9 Å². The van der Waals surface area contributed by atoms with Gasteiger partial charge in [0.15, 0.2) is 0 Å². The highest BCUT2D eigenvalue weighted by Crippen LogP contribution is 2.35. The van der Waals surface area contributed by atoms with Crippen LogP contribution in [0, 0.1) is 6.92 Å². The van der Waals surface area contributed by atoms with E-state index in [0.29, 0.717) is 23.0 Å². The highest BCUT2D eigenvalue weighted by molar-refractivity contribution is 5.99. The van der Waals surface area contributed by atoms with Gasteiger partial charge in [-0.1, -0.05) is 44.1 Å². The molecule has 2 amide bonds. The standard InChI is InChI=1S/C20H22N4O3/c1-13-12-17(27-24-13)23-19(25)22-15-9-7-11-21-18(15)26-16-10-6-5-8-14(16)20(2,3)4/h5-12H,1-4H3,(H2,22,23,25). The molecule has 0 spiro atoms. The lowest BCUT2D eigenvalue weighted by Gasteiger charge is -2.22. The highest BCUT2D eigenvalue weighted by Gasteiger charge is 2.20. The first kappa shape index (κ1) is 18.4. The molecular formula is C20H22N4O3. The number of carbonyl (C=O) groups is 1. The number of urea groups is 1. The van der Waals surface area contributed by atoms with Crippen LogP contribution in [0.1, 0.15) is 32.0 Å². The fourth-order valence-electron chi connectivity index (χ4n) is 2.53. The number of hydrogen-bond acceptors (Lipinski definition) is 5. The molecule has 0 saturated carbocycles. The normalized spacial score (nSPS) is 11.1. The predicted molar refractivity (Wildman–Crippen MR) is 103 cm³/mol. The summed E-state index contributed by atoms with van der Waals surface area (Å²) >= 11 is 0. The molecule has 0 fully saturated rings. The van der Waals surface area contributed by atoms with E-state index < -0.39 is 6.03 Å². The quantitative estimate of drug-likeness (QED) is 0.669. The van der Waals surface area contributed by atoms with Crippen LogP contribution in [0.25, 0.3) is 0 Å². The number of nitrogens with one attached hydrogen (secondary N) is 2. The van der Waals surface area contributed by atoms with E-state index in [4.69, 9.17) is 9.26 Å². The molecule has 0 saturated heterocycles. The minimum absolute atomic E-state index is 0.0967. The number of aromatic nitrogens is 2. The molecule has 1 aromatic carbocycles. The molecule has 3 aromatic rings. The molecule has 27 heavy (non-hydrogen) atoms. The van der Waals surface area contributed by atoms with Crippen molar-refractivity contribution in [3.8, 4) is 11.6 Å². The first-order valence-corrected chi connectivity index (χ1v) is 8.56. The Labute approximate surface area is 157 Å². The zero-order valence-corrected chi connectivity index (χ0v) is 15.7. The number of para-hydroxylation sites is 1. The van der Waals surface area contributed by atoms with E-state index in [9.17, 15) is 4.79 Å². The van der Waals surface area contributed by atoms with E-state index in [-0.39, 0.29) is 11.3 Å². The summed E-state index contributed by atoms with van der Waals surface area (Å²) in [4.78, 5) is 16.5. The minimum atomic E-state index is -0.479. The second-order valence-corrected chi connectivity index (χ2v) is 7.12. The number of benzene rings is 1. The Morgan fingerprint density at radius 3 is 2.59 bits per heavy atom. The average molecular weight is 366 g/mol. The van der Waals surface area contributed by atoms with Gasteiger partial charge in [-0.05, 0) is 30.5 Å². The van der Waals surface area contributed by atoms with E-state index in [0.717, 1.165) is 5.56 Å². The van der Waals surface area contributed by atoms with Crippen LogP contribution in [-0.4, -0.2) is 16.2 Å². The fraction of sp³-hybridized carbons (Fsp3) is 0.250. The molecule has 0 radical (unpaired) electrons. The van der Waals surface area contributed by atoms with Crippen LogP contribution in [0.2, 0.25) is 0 Å². The number of aryl methyl sites for hydroxylation is 1. The van der Waals surface area contributed by atoms with Gasteiger partial charge in [0.1, 0.15) is 11.4 Å². The maximum Gasteiger partial charge on any atom is 0.326 e. The van der Waals surface area contributed by atoms with Gasteiger partial charge in [0, 0.05) is 17.8 Å². The fourth-order valence-corrected chi connectivity index (χ4v) is 2.53. The summed E-state index contributed by atoms with van der Waals surface area (Å²) < 4.78 is 11.0. The van der Waals surface area contributed by atoms with E-state index >= 15 is 0 Å². The lowest BCUT2D eigenvalue weighted by molar-refractivity contribution is 0.261. The van der Waals surface area contributed by atoms with Crippen molar-refractivity contribution < 1.29 is 14.1 Å². The maximum atomic E-state index is 12.2. The molecule has 0 aliphatic heterocycles. The first-order valence-electron chi connectivity index (χ1n) is 8.56. The number of hydrogen-bond donors (Lipinski definition) is 2. The SMILES string of the molecule is Cc1cc(NC(=O)Nc2cccnc2Oc2ccccc2C(C)(C)C)on1. The Bertz CT molecular complexity index is 944. The molecule has 7 nitrogen and oxygen atoms in total. The van der Waals surface area contributed by atoms with Crippen molar-refractivity contribution >= 4 is 17.6 Å². The van der Waals surface area contributed by atoms with Crippen LogP contribution in [-0.2, 0) is 5.41 Å². The van der Waals surface area contributed by atoms with Gasteiger partial charge in [0.25, 0.3) is 0 Å². The van der Waals surface area contributed by atoms with Crippen molar-refractivity contribution in [1.29, 1.82) is 0 Å². The Kier molecular flexibility index (Phi) is 5.12. The lowest BCUT2D eigenvalue weighted by atomic mass is 9.86. The van der Waals surface area contributed by atoms with Crippen LogP contribution in [0.15, 0.2) is 53.2 Å². The Morgan fingerprint density at radius 2 is 1.89 bits per heavy atom. The van der Waals surface area contributed by atoms with Gasteiger partial charge in [0.2, 0.25) is 11.8 Å². The van der Waals surface area contributed by atoms with Gasteiger partial charge in [-0.25, -0.2) is 9.78 Å². The number of amides is 2. The molecule has 2 heterocycles. The topological polar surface area (TPSA) is 89.3 Å². The number of carbonyl (C=O) groups excluding carboxylic acids is 1. The van der Waals surface area contributed by atoms with Gasteiger partial charge < -0.3 is 14.6 Å². The molecule has 0 unspecified atom stereocenters.